The molecule has 1 aromatic rings. The third-order valence-corrected chi connectivity index (χ3v) is 3.99. The number of hydrogen-bond donors (Lipinski definition) is 2. The number of carbonyl (C=O) groups excluding carboxylic acids is 2. The average Bonchev–Trinajstić information content (AvgIpc) is 2.59. The van der Waals surface area contributed by atoms with Crippen LogP contribution in [-0.4, -0.2) is 64.6 Å². The Kier molecular flexibility index (Phi) is 5.94. The molecule has 0 bridgehead atoms. The number of nitrogens with zero attached hydrogens (tertiary/aromatic N) is 2. The van der Waals surface area contributed by atoms with Gasteiger partial charge < -0.3 is 19.7 Å². The van der Waals surface area contributed by atoms with Gasteiger partial charge in [0.2, 0.25) is 6.10 Å². The summed E-state index contributed by atoms with van der Waals surface area (Å²) in [7, 11) is 0. The molecule has 3 atom stereocenters. The van der Waals surface area contributed by atoms with Crippen LogP contribution in [0.5, 0.6) is 0 Å². The lowest BCUT2D eigenvalue weighted by molar-refractivity contribution is -0.260. The van der Waals surface area contributed by atoms with Gasteiger partial charge in [0.25, 0.3) is 5.91 Å². The lowest BCUT2D eigenvalue weighted by Gasteiger charge is -2.34. The minimum absolute atomic E-state index is 0.133. The number of ether oxygens (including phenoxy) is 2. The van der Waals surface area contributed by atoms with Gasteiger partial charge in [0.15, 0.2) is 11.7 Å². The third kappa shape index (κ3) is 4.22. The molecule has 1 saturated heterocycles. The molecule has 1 amide bonds. The first kappa shape index (κ1) is 21.6. The standard InChI is InChI=1S/C16H17F3N2O7/c1-8(22)28-12(14(24)25)11-13(23)21(6-7-27-11)10-5-3-4-9(20-10)15(2,26)16(17,18)19/h3-5,11-12,26H,6-7H2,1-2H3,(H,24,25)/t11-,12-,15?/m1/s1. The van der Waals surface area contributed by atoms with Gasteiger partial charge in [-0.3, -0.25) is 14.5 Å². The number of aliphatic hydroxyl groups is 1. The summed E-state index contributed by atoms with van der Waals surface area (Å²) in [6.45, 7) is 1.16. The molecule has 9 nitrogen and oxygen atoms in total. The zero-order valence-electron chi connectivity index (χ0n) is 14.8. The van der Waals surface area contributed by atoms with Crippen LogP contribution in [0.2, 0.25) is 0 Å². The maximum atomic E-state index is 13.0. The topological polar surface area (TPSA) is 126 Å². The molecule has 1 fully saturated rings. The Bertz CT molecular complexity index is 782. The molecule has 1 aliphatic heterocycles. The zero-order chi connectivity index (χ0) is 21.3. The van der Waals surface area contributed by atoms with Crippen molar-refractivity contribution in [3.8, 4) is 0 Å². The number of pyridine rings is 1. The number of anilines is 1. The number of aromatic nitrogens is 1. The van der Waals surface area contributed by atoms with E-state index in [1.807, 2.05) is 0 Å². The molecule has 1 unspecified atom stereocenters. The molecular weight excluding hydrogens is 389 g/mol. The molecular formula is C16H17F3N2O7. The second kappa shape index (κ2) is 7.72. The number of rotatable bonds is 5. The van der Waals surface area contributed by atoms with Gasteiger partial charge in [0.05, 0.1) is 18.8 Å². The maximum Gasteiger partial charge on any atom is 0.422 e. The monoisotopic (exact) mass is 406 g/mol. The van der Waals surface area contributed by atoms with Crippen LogP contribution < -0.4 is 4.90 Å². The van der Waals surface area contributed by atoms with Crippen LogP contribution >= 0.6 is 0 Å². The lowest BCUT2D eigenvalue weighted by Crippen LogP contribution is -2.56. The number of carboxylic acids is 1. The Morgan fingerprint density at radius 3 is 2.57 bits per heavy atom. The summed E-state index contributed by atoms with van der Waals surface area (Å²) in [5.74, 6) is -3.79. The Morgan fingerprint density at radius 2 is 2.04 bits per heavy atom. The maximum absolute atomic E-state index is 13.0. The normalized spacial score (nSPS) is 21.0. The third-order valence-electron chi connectivity index (χ3n) is 3.99. The van der Waals surface area contributed by atoms with Crippen LogP contribution in [0.3, 0.4) is 0 Å². The van der Waals surface area contributed by atoms with Gasteiger partial charge in [-0.05, 0) is 19.1 Å². The summed E-state index contributed by atoms with van der Waals surface area (Å²) in [5, 5.41) is 19.0. The highest BCUT2D eigenvalue weighted by Gasteiger charge is 2.52. The van der Waals surface area contributed by atoms with E-state index in [1.165, 1.54) is 6.07 Å². The molecule has 0 saturated carbocycles. The minimum Gasteiger partial charge on any atom is -0.478 e. The molecule has 0 aliphatic carbocycles. The van der Waals surface area contributed by atoms with Crippen molar-refractivity contribution in [2.24, 2.45) is 0 Å². The van der Waals surface area contributed by atoms with E-state index in [0.717, 1.165) is 24.0 Å². The molecule has 1 aliphatic rings. The summed E-state index contributed by atoms with van der Waals surface area (Å²) in [4.78, 5) is 39.7. The Morgan fingerprint density at radius 1 is 1.39 bits per heavy atom. The smallest absolute Gasteiger partial charge is 0.422 e. The fourth-order valence-corrected chi connectivity index (χ4v) is 2.46. The fourth-order valence-electron chi connectivity index (χ4n) is 2.46. The van der Waals surface area contributed by atoms with Gasteiger partial charge >= 0.3 is 18.1 Å². The number of carboxylic acid groups (broad SMARTS) is 1. The molecule has 2 heterocycles. The first-order chi connectivity index (χ1) is 12.9. The number of carbonyl (C=O) groups is 3. The Hall–Kier alpha value is -2.73. The van der Waals surface area contributed by atoms with E-state index in [9.17, 15) is 37.8 Å². The van der Waals surface area contributed by atoms with Crippen LogP contribution in [-0.2, 0) is 29.5 Å². The molecule has 154 valence electrons. The van der Waals surface area contributed by atoms with Crippen LogP contribution in [0.4, 0.5) is 19.0 Å². The zero-order valence-corrected chi connectivity index (χ0v) is 14.8. The molecule has 2 rings (SSSR count). The number of morpholine rings is 1. The number of alkyl halides is 3. The highest BCUT2D eigenvalue weighted by Crippen LogP contribution is 2.38. The largest absolute Gasteiger partial charge is 0.478 e. The van der Waals surface area contributed by atoms with Crippen molar-refractivity contribution in [1.29, 1.82) is 0 Å². The molecule has 0 radical (unpaired) electrons. The summed E-state index contributed by atoms with van der Waals surface area (Å²) < 4.78 is 48.9. The van der Waals surface area contributed by atoms with Gasteiger partial charge in [-0.25, -0.2) is 9.78 Å². The van der Waals surface area contributed by atoms with E-state index in [1.54, 1.807) is 0 Å². The van der Waals surface area contributed by atoms with Crippen molar-refractivity contribution < 1.29 is 47.2 Å². The van der Waals surface area contributed by atoms with E-state index in [0.29, 0.717) is 6.92 Å². The quantitative estimate of drug-likeness (QED) is 0.681. The van der Waals surface area contributed by atoms with Crippen molar-refractivity contribution in [3.63, 3.8) is 0 Å². The van der Waals surface area contributed by atoms with Crippen molar-refractivity contribution >= 4 is 23.7 Å². The number of esters is 1. The molecule has 0 spiro atoms. The van der Waals surface area contributed by atoms with Crippen LogP contribution in [0.25, 0.3) is 0 Å². The molecule has 0 aromatic carbocycles. The van der Waals surface area contributed by atoms with Crippen molar-refractivity contribution in [1.82, 2.24) is 4.98 Å². The van der Waals surface area contributed by atoms with Crippen LogP contribution in [0, 0.1) is 0 Å². The molecule has 1 aromatic heterocycles. The van der Waals surface area contributed by atoms with Gasteiger partial charge in [0.1, 0.15) is 5.82 Å². The first-order valence-electron chi connectivity index (χ1n) is 7.96. The Balaban J connectivity index is 2.36. The van der Waals surface area contributed by atoms with Crippen molar-refractivity contribution in [3.05, 3.63) is 23.9 Å². The van der Waals surface area contributed by atoms with Gasteiger partial charge in [-0.1, -0.05) is 6.07 Å². The summed E-state index contributed by atoms with van der Waals surface area (Å²) >= 11 is 0. The van der Waals surface area contributed by atoms with Gasteiger partial charge in [0, 0.05) is 6.92 Å². The van der Waals surface area contributed by atoms with E-state index >= 15 is 0 Å². The molecule has 12 heteroatoms. The van der Waals surface area contributed by atoms with Crippen molar-refractivity contribution in [2.45, 2.75) is 37.8 Å². The molecule has 2 N–H and O–H groups in total. The highest BCUT2D eigenvalue weighted by atomic mass is 19.4. The van der Waals surface area contributed by atoms with E-state index in [2.05, 4.69) is 9.72 Å². The SMILES string of the molecule is CC(=O)O[C@@H](C(=O)O)[C@H]1OCCN(c2cccc(C(C)(O)C(F)(F)F)n2)C1=O. The van der Waals surface area contributed by atoms with Crippen molar-refractivity contribution in [2.75, 3.05) is 18.1 Å². The summed E-state index contributed by atoms with van der Waals surface area (Å²) in [5.41, 5.74) is -4.01. The van der Waals surface area contributed by atoms with Gasteiger partial charge in [-0.15, -0.1) is 0 Å². The average molecular weight is 406 g/mol. The molecule has 28 heavy (non-hydrogen) atoms. The second-order valence-electron chi connectivity index (χ2n) is 6.10. The predicted molar refractivity (Wildman–Crippen MR) is 85.1 cm³/mol. The van der Waals surface area contributed by atoms with E-state index in [-0.39, 0.29) is 19.0 Å². The van der Waals surface area contributed by atoms with E-state index < -0.39 is 47.5 Å². The summed E-state index contributed by atoms with van der Waals surface area (Å²) in [6.07, 6.45) is -8.65. The number of halogens is 3. The number of amides is 1. The van der Waals surface area contributed by atoms with Gasteiger partial charge in [-0.2, -0.15) is 13.2 Å². The number of aliphatic carboxylic acids is 1. The van der Waals surface area contributed by atoms with Crippen LogP contribution in [0.1, 0.15) is 19.5 Å². The second-order valence-corrected chi connectivity index (χ2v) is 6.10. The van der Waals surface area contributed by atoms with E-state index in [4.69, 9.17) is 4.74 Å². The highest BCUT2D eigenvalue weighted by molar-refractivity contribution is 5.99. The lowest BCUT2D eigenvalue weighted by atomic mass is 10.0. The Labute approximate surface area is 156 Å². The fraction of sp³-hybridized carbons (Fsp3) is 0.500. The summed E-state index contributed by atoms with van der Waals surface area (Å²) in [6, 6.07) is 3.33. The predicted octanol–water partition coefficient (Wildman–Crippen LogP) is 0.599. The number of hydrogen-bond acceptors (Lipinski definition) is 7. The van der Waals surface area contributed by atoms with Crippen LogP contribution in [0.15, 0.2) is 18.2 Å². The first-order valence-corrected chi connectivity index (χ1v) is 7.96. The minimum atomic E-state index is -5.01.